The Morgan fingerprint density at radius 2 is 2.09 bits per heavy atom. The number of hydrogen-bond acceptors (Lipinski definition) is 6. The number of carbonyl (C=O) groups is 1. The highest BCUT2D eigenvalue weighted by atomic mass is 16.5. The van der Waals surface area contributed by atoms with E-state index >= 15 is 0 Å². The highest BCUT2D eigenvalue weighted by molar-refractivity contribution is 5.76. The lowest BCUT2D eigenvalue weighted by Crippen LogP contribution is -2.51. The van der Waals surface area contributed by atoms with Gasteiger partial charge in [-0.1, -0.05) is 17.3 Å². The first-order valence-electron chi connectivity index (χ1n) is 12.0. The number of carbonyl (C=O) groups excluding carboxylic acids is 1. The maximum atomic E-state index is 12.8. The lowest BCUT2D eigenvalue weighted by molar-refractivity contribution is -0.147. The molecular weight excluding hydrogens is 406 g/mol. The Labute approximate surface area is 189 Å². The smallest absolute Gasteiger partial charge is 0.229 e. The molecule has 32 heavy (non-hydrogen) atoms. The van der Waals surface area contributed by atoms with Crippen LogP contribution in [0.1, 0.15) is 68.1 Å². The number of ether oxygens (including phenoxy) is 2. The molecule has 3 aliphatic rings. The third-order valence-electron chi connectivity index (χ3n) is 7.27. The predicted octanol–water partition coefficient (Wildman–Crippen LogP) is 3.92. The van der Waals surface area contributed by atoms with Gasteiger partial charge in [0.2, 0.25) is 11.8 Å². The van der Waals surface area contributed by atoms with E-state index in [0.29, 0.717) is 18.3 Å². The maximum Gasteiger partial charge on any atom is 0.229 e. The Bertz CT molecular complexity index is 931. The molecular formula is C25H33N3O4. The van der Waals surface area contributed by atoms with E-state index in [1.54, 1.807) is 7.11 Å². The minimum Gasteiger partial charge on any atom is -0.497 e. The maximum absolute atomic E-state index is 12.8. The molecule has 0 bridgehead atoms. The summed E-state index contributed by atoms with van der Waals surface area (Å²) in [4.78, 5) is 19.4. The lowest BCUT2D eigenvalue weighted by Gasteiger charge is -2.46. The second-order valence-electron chi connectivity index (χ2n) is 9.65. The number of methoxy groups -OCH3 is 1. The molecule has 5 rings (SSSR count). The van der Waals surface area contributed by atoms with Crippen molar-refractivity contribution >= 4 is 5.91 Å². The number of nitrogens with zero attached hydrogens (tertiary/aromatic N) is 3. The van der Waals surface area contributed by atoms with Gasteiger partial charge in [-0.15, -0.1) is 0 Å². The summed E-state index contributed by atoms with van der Waals surface area (Å²) in [7, 11) is 1.67. The largest absolute Gasteiger partial charge is 0.497 e. The summed E-state index contributed by atoms with van der Waals surface area (Å²) in [6.45, 7) is 2.33. The highest BCUT2D eigenvalue weighted by Gasteiger charge is 2.41. The van der Waals surface area contributed by atoms with Gasteiger partial charge in [0.25, 0.3) is 0 Å². The number of likely N-dealkylation sites (tertiary alicyclic amines) is 1. The van der Waals surface area contributed by atoms with E-state index < -0.39 is 0 Å². The number of benzene rings is 1. The van der Waals surface area contributed by atoms with Crippen LogP contribution in [0, 0.1) is 5.92 Å². The average Bonchev–Trinajstić information content (AvgIpc) is 3.57. The van der Waals surface area contributed by atoms with Crippen LogP contribution in [0.3, 0.4) is 0 Å². The Hall–Kier alpha value is -2.41. The van der Waals surface area contributed by atoms with Crippen LogP contribution in [0.15, 0.2) is 28.8 Å². The first-order valence-corrected chi connectivity index (χ1v) is 12.0. The Balaban J connectivity index is 1.10. The molecule has 3 heterocycles. The fraction of sp³-hybridized carbons (Fsp3) is 0.640. The van der Waals surface area contributed by atoms with Crippen molar-refractivity contribution in [3.05, 3.63) is 41.5 Å². The van der Waals surface area contributed by atoms with Crippen LogP contribution in [0.4, 0.5) is 0 Å². The van der Waals surface area contributed by atoms with Gasteiger partial charge in [-0.3, -0.25) is 4.79 Å². The molecule has 0 radical (unpaired) electrons. The summed E-state index contributed by atoms with van der Waals surface area (Å²) in [5.74, 6) is 3.76. The van der Waals surface area contributed by atoms with Crippen molar-refractivity contribution in [2.45, 2.75) is 69.3 Å². The summed E-state index contributed by atoms with van der Waals surface area (Å²) in [5.41, 5.74) is 1.03. The minimum atomic E-state index is -0.102. The molecule has 7 nitrogen and oxygen atoms in total. The summed E-state index contributed by atoms with van der Waals surface area (Å²) in [6, 6.07) is 7.96. The van der Waals surface area contributed by atoms with Crippen LogP contribution in [-0.2, 0) is 22.4 Å². The van der Waals surface area contributed by atoms with Crippen molar-refractivity contribution < 1.29 is 18.8 Å². The van der Waals surface area contributed by atoms with Crippen LogP contribution in [0.25, 0.3) is 0 Å². The Morgan fingerprint density at radius 1 is 1.25 bits per heavy atom. The molecule has 3 fully saturated rings. The lowest BCUT2D eigenvalue weighted by atomic mass is 9.78. The normalized spacial score (nSPS) is 22.8. The zero-order chi connectivity index (χ0) is 22.0. The summed E-state index contributed by atoms with van der Waals surface area (Å²) < 4.78 is 17.0. The van der Waals surface area contributed by atoms with E-state index in [9.17, 15) is 4.79 Å². The van der Waals surface area contributed by atoms with Gasteiger partial charge in [0.15, 0.2) is 5.82 Å². The molecule has 1 aromatic heterocycles. The zero-order valence-electron chi connectivity index (χ0n) is 18.9. The molecule has 0 N–H and O–H groups in total. The van der Waals surface area contributed by atoms with Crippen molar-refractivity contribution in [2.75, 3.05) is 26.8 Å². The van der Waals surface area contributed by atoms with E-state index in [0.717, 1.165) is 81.2 Å². The van der Waals surface area contributed by atoms with Gasteiger partial charge in [-0.25, -0.2) is 0 Å². The molecule has 1 unspecified atom stereocenters. The molecule has 7 heteroatoms. The van der Waals surface area contributed by atoms with Crippen LogP contribution in [0.5, 0.6) is 5.75 Å². The van der Waals surface area contributed by atoms with Gasteiger partial charge in [0.1, 0.15) is 5.75 Å². The summed E-state index contributed by atoms with van der Waals surface area (Å²) in [5, 5.41) is 4.21. The standard InChI is InChI=1S/C25H33N3O4/c1-30-21-4-2-3-18(15-21)5-8-23(29)28-12-10-25(11-13-28)17-19(9-14-31-25)16-22-26-24(32-27-22)20-6-7-20/h2-4,15,19-20H,5-14,16-17H2,1H3. The third-order valence-corrected chi connectivity index (χ3v) is 7.27. The van der Waals surface area contributed by atoms with Gasteiger partial charge in [0, 0.05) is 38.5 Å². The molecule has 1 spiro atoms. The van der Waals surface area contributed by atoms with Crippen molar-refractivity contribution in [1.29, 1.82) is 0 Å². The van der Waals surface area contributed by atoms with E-state index in [-0.39, 0.29) is 11.5 Å². The molecule has 172 valence electrons. The van der Waals surface area contributed by atoms with Crippen molar-refractivity contribution in [3.8, 4) is 5.75 Å². The van der Waals surface area contributed by atoms with Crippen molar-refractivity contribution in [2.24, 2.45) is 5.92 Å². The second-order valence-corrected chi connectivity index (χ2v) is 9.65. The highest BCUT2D eigenvalue weighted by Crippen LogP contribution is 2.40. The number of hydrogen-bond donors (Lipinski definition) is 0. The SMILES string of the molecule is COc1cccc(CCC(=O)N2CCC3(CC2)CC(Cc2noc(C4CC4)n2)CCO3)c1. The van der Waals surface area contributed by atoms with Gasteiger partial charge in [-0.2, -0.15) is 4.98 Å². The third kappa shape index (κ3) is 4.98. The number of rotatable bonds is 7. The molecule has 1 saturated carbocycles. The van der Waals surface area contributed by atoms with Crippen LogP contribution < -0.4 is 4.74 Å². The van der Waals surface area contributed by atoms with Crippen LogP contribution in [-0.4, -0.2) is 53.4 Å². The Kier molecular flexibility index (Phi) is 6.17. The summed E-state index contributed by atoms with van der Waals surface area (Å²) in [6.07, 6.45) is 8.37. The quantitative estimate of drug-likeness (QED) is 0.651. The molecule has 2 saturated heterocycles. The van der Waals surface area contributed by atoms with E-state index in [1.165, 1.54) is 12.8 Å². The monoisotopic (exact) mass is 439 g/mol. The minimum absolute atomic E-state index is 0.102. The van der Waals surface area contributed by atoms with E-state index in [2.05, 4.69) is 10.1 Å². The van der Waals surface area contributed by atoms with Crippen LogP contribution in [0.2, 0.25) is 0 Å². The molecule has 2 aromatic rings. The Morgan fingerprint density at radius 3 is 2.88 bits per heavy atom. The van der Waals surface area contributed by atoms with Gasteiger partial charge < -0.3 is 18.9 Å². The predicted molar refractivity (Wildman–Crippen MR) is 119 cm³/mol. The first-order chi connectivity index (χ1) is 15.6. The summed E-state index contributed by atoms with van der Waals surface area (Å²) >= 11 is 0. The van der Waals surface area contributed by atoms with Crippen molar-refractivity contribution in [1.82, 2.24) is 15.0 Å². The topological polar surface area (TPSA) is 77.7 Å². The number of aryl methyl sites for hydroxylation is 1. The fourth-order valence-corrected chi connectivity index (χ4v) is 5.16. The number of piperidine rings is 1. The van der Waals surface area contributed by atoms with Gasteiger partial charge in [0.05, 0.1) is 12.7 Å². The molecule has 1 atom stereocenters. The molecule has 1 amide bonds. The number of amides is 1. The van der Waals surface area contributed by atoms with Gasteiger partial charge >= 0.3 is 0 Å². The average molecular weight is 440 g/mol. The molecule has 1 aromatic carbocycles. The van der Waals surface area contributed by atoms with E-state index in [4.69, 9.17) is 14.0 Å². The van der Waals surface area contributed by atoms with Gasteiger partial charge in [-0.05, 0) is 68.6 Å². The molecule has 1 aliphatic carbocycles. The fourth-order valence-electron chi connectivity index (χ4n) is 5.16. The number of aromatic nitrogens is 2. The van der Waals surface area contributed by atoms with E-state index in [1.807, 2.05) is 29.2 Å². The zero-order valence-corrected chi connectivity index (χ0v) is 18.9. The van der Waals surface area contributed by atoms with Crippen LogP contribution >= 0.6 is 0 Å². The first kappa shape index (κ1) is 21.4. The molecule has 2 aliphatic heterocycles. The van der Waals surface area contributed by atoms with Crippen molar-refractivity contribution in [3.63, 3.8) is 0 Å². The second kappa shape index (κ2) is 9.22.